The SMILES string of the molecule is CN(C)c1ccc(C=O)c(C(=O)c2ccccc2)c1. The Morgan fingerprint density at radius 2 is 1.74 bits per heavy atom. The zero-order valence-electron chi connectivity index (χ0n) is 11.0. The van der Waals surface area contributed by atoms with E-state index in [-0.39, 0.29) is 5.78 Å². The van der Waals surface area contributed by atoms with Gasteiger partial charge in [0.05, 0.1) is 0 Å². The average molecular weight is 253 g/mol. The predicted octanol–water partition coefficient (Wildman–Crippen LogP) is 2.80. The third-order valence-corrected chi connectivity index (χ3v) is 2.96. The summed E-state index contributed by atoms with van der Waals surface area (Å²) in [5.41, 5.74) is 2.33. The van der Waals surface area contributed by atoms with Gasteiger partial charge in [0.1, 0.15) is 0 Å². The lowest BCUT2D eigenvalue weighted by atomic mass is 9.98. The van der Waals surface area contributed by atoms with E-state index in [0.717, 1.165) is 12.0 Å². The fourth-order valence-electron chi connectivity index (χ4n) is 1.87. The van der Waals surface area contributed by atoms with Gasteiger partial charge in [-0.1, -0.05) is 30.3 Å². The van der Waals surface area contributed by atoms with Crippen molar-refractivity contribution in [3.05, 3.63) is 65.2 Å². The van der Waals surface area contributed by atoms with Crippen LogP contribution in [0.3, 0.4) is 0 Å². The van der Waals surface area contributed by atoms with E-state index in [2.05, 4.69) is 0 Å². The number of benzene rings is 2. The average Bonchev–Trinajstić information content (AvgIpc) is 2.46. The molecule has 0 aliphatic rings. The molecular formula is C16H15NO2. The largest absolute Gasteiger partial charge is 0.378 e. The topological polar surface area (TPSA) is 37.4 Å². The Balaban J connectivity index is 2.51. The molecule has 96 valence electrons. The molecule has 0 aliphatic heterocycles. The third-order valence-electron chi connectivity index (χ3n) is 2.96. The van der Waals surface area contributed by atoms with Gasteiger partial charge in [-0.2, -0.15) is 0 Å². The van der Waals surface area contributed by atoms with Crippen LogP contribution in [0.5, 0.6) is 0 Å². The molecule has 2 aromatic rings. The van der Waals surface area contributed by atoms with Crippen LogP contribution in [-0.4, -0.2) is 26.2 Å². The highest BCUT2D eigenvalue weighted by Gasteiger charge is 2.14. The van der Waals surface area contributed by atoms with Crippen molar-refractivity contribution in [1.29, 1.82) is 0 Å². The Labute approximate surface area is 112 Å². The number of carbonyl (C=O) groups excluding carboxylic acids is 2. The molecule has 0 bridgehead atoms. The molecule has 0 saturated carbocycles. The van der Waals surface area contributed by atoms with Crippen molar-refractivity contribution < 1.29 is 9.59 Å². The van der Waals surface area contributed by atoms with Gasteiger partial charge in [0.25, 0.3) is 0 Å². The quantitative estimate of drug-likeness (QED) is 0.621. The van der Waals surface area contributed by atoms with Crippen LogP contribution >= 0.6 is 0 Å². The number of hydrogen-bond acceptors (Lipinski definition) is 3. The molecular weight excluding hydrogens is 238 g/mol. The number of ketones is 1. The minimum atomic E-state index is -0.133. The second-order valence-corrected chi connectivity index (χ2v) is 4.48. The van der Waals surface area contributed by atoms with E-state index in [9.17, 15) is 9.59 Å². The number of nitrogens with zero attached hydrogens (tertiary/aromatic N) is 1. The molecule has 0 aromatic heterocycles. The van der Waals surface area contributed by atoms with Gasteiger partial charge in [-0.3, -0.25) is 9.59 Å². The summed E-state index contributed by atoms with van der Waals surface area (Å²) in [5, 5.41) is 0. The number of rotatable bonds is 4. The maximum absolute atomic E-state index is 12.4. The van der Waals surface area contributed by atoms with Crippen LogP contribution in [0.2, 0.25) is 0 Å². The molecule has 0 heterocycles. The van der Waals surface area contributed by atoms with E-state index in [4.69, 9.17) is 0 Å². The normalized spacial score (nSPS) is 10.0. The molecule has 0 N–H and O–H groups in total. The van der Waals surface area contributed by atoms with E-state index in [1.165, 1.54) is 0 Å². The molecule has 3 heteroatoms. The van der Waals surface area contributed by atoms with Crippen LogP contribution in [0, 0.1) is 0 Å². The van der Waals surface area contributed by atoms with Crippen molar-refractivity contribution in [3.8, 4) is 0 Å². The van der Waals surface area contributed by atoms with Crippen LogP contribution in [0.25, 0.3) is 0 Å². The Bertz CT molecular complexity index is 603. The van der Waals surface area contributed by atoms with Crippen molar-refractivity contribution in [2.45, 2.75) is 0 Å². The molecule has 0 atom stereocenters. The van der Waals surface area contributed by atoms with Crippen LogP contribution in [0.15, 0.2) is 48.5 Å². The van der Waals surface area contributed by atoms with Crippen LogP contribution in [0.1, 0.15) is 26.3 Å². The summed E-state index contributed by atoms with van der Waals surface area (Å²) in [6.07, 6.45) is 0.718. The standard InChI is InChI=1S/C16H15NO2/c1-17(2)14-9-8-13(11-18)15(10-14)16(19)12-6-4-3-5-7-12/h3-11H,1-2H3. The van der Waals surface area contributed by atoms with E-state index in [1.807, 2.05) is 43.3 Å². The number of hydrogen-bond donors (Lipinski definition) is 0. The summed E-state index contributed by atoms with van der Waals surface area (Å²) in [7, 11) is 3.79. The highest BCUT2D eigenvalue weighted by atomic mass is 16.1. The highest BCUT2D eigenvalue weighted by molar-refractivity contribution is 6.13. The van der Waals surface area contributed by atoms with E-state index in [1.54, 1.807) is 24.3 Å². The van der Waals surface area contributed by atoms with Gasteiger partial charge in [-0.05, 0) is 18.2 Å². The number of carbonyl (C=O) groups is 2. The fourth-order valence-corrected chi connectivity index (χ4v) is 1.87. The summed E-state index contributed by atoms with van der Waals surface area (Å²) in [6.45, 7) is 0. The van der Waals surface area contributed by atoms with Crippen LogP contribution < -0.4 is 4.90 Å². The Morgan fingerprint density at radius 3 is 2.32 bits per heavy atom. The summed E-state index contributed by atoms with van der Waals surface area (Å²) >= 11 is 0. The van der Waals surface area contributed by atoms with E-state index in [0.29, 0.717) is 16.7 Å². The molecule has 0 unspecified atom stereocenters. The number of aldehydes is 1. The van der Waals surface area contributed by atoms with E-state index >= 15 is 0 Å². The second kappa shape index (κ2) is 5.48. The van der Waals surface area contributed by atoms with Crippen LogP contribution in [0.4, 0.5) is 5.69 Å². The first-order valence-electron chi connectivity index (χ1n) is 6.00. The minimum Gasteiger partial charge on any atom is -0.378 e. The van der Waals surface area contributed by atoms with Gasteiger partial charge in [-0.15, -0.1) is 0 Å². The molecule has 0 radical (unpaired) electrons. The lowest BCUT2D eigenvalue weighted by Crippen LogP contribution is -2.11. The zero-order valence-corrected chi connectivity index (χ0v) is 11.0. The molecule has 2 rings (SSSR count). The summed E-state index contributed by atoms with van der Waals surface area (Å²) in [6, 6.07) is 14.2. The Morgan fingerprint density at radius 1 is 1.05 bits per heavy atom. The van der Waals surface area contributed by atoms with Gasteiger partial charge >= 0.3 is 0 Å². The van der Waals surface area contributed by atoms with Crippen LogP contribution in [-0.2, 0) is 0 Å². The molecule has 0 spiro atoms. The van der Waals surface area contributed by atoms with E-state index < -0.39 is 0 Å². The first-order valence-corrected chi connectivity index (χ1v) is 6.00. The summed E-state index contributed by atoms with van der Waals surface area (Å²) in [4.78, 5) is 25.4. The molecule has 3 nitrogen and oxygen atoms in total. The lowest BCUT2D eigenvalue weighted by molar-refractivity contribution is 0.102. The summed E-state index contributed by atoms with van der Waals surface area (Å²) in [5.74, 6) is -0.133. The Hall–Kier alpha value is -2.42. The van der Waals surface area contributed by atoms with Gasteiger partial charge in [-0.25, -0.2) is 0 Å². The molecule has 2 aromatic carbocycles. The zero-order chi connectivity index (χ0) is 13.8. The van der Waals surface area contributed by atoms with Crippen molar-refractivity contribution in [2.75, 3.05) is 19.0 Å². The van der Waals surface area contributed by atoms with Crippen molar-refractivity contribution in [2.24, 2.45) is 0 Å². The third kappa shape index (κ3) is 2.71. The first-order chi connectivity index (χ1) is 9.13. The van der Waals surface area contributed by atoms with Gasteiger partial charge < -0.3 is 4.90 Å². The lowest BCUT2D eigenvalue weighted by Gasteiger charge is -2.14. The molecule has 0 fully saturated rings. The predicted molar refractivity (Wildman–Crippen MR) is 76.0 cm³/mol. The van der Waals surface area contributed by atoms with Gasteiger partial charge in [0.2, 0.25) is 0 Å². The van der Waals surface area contributed by atoms with Crippen molar-refractivity contribution in [3.63, 3.8) is 0 Å². The molecule has 0 amide bonds. The minimum absolute atomic E-state index is 0.133. The molecule has 0 saturated heterocycles. The highest BCUT2D eigenvalue weighted by Crippen LogP contribution is 2.20. The second-order valence-electron chi connectivity index (χ2n) is 4.48. The molecule has 0 aliphatic carbocycles. The molecule has 19 heavy (non-hydrogen) atoms. The Kier molecular flexibility index (Phi) is 3.76. The number of anilines is 1. The smallest absolute Gasteiger partial charge is 0.193 e. The van der Waals surface area contributed by atoms with Gasteiger partial charge in [0, 0.05) is 36.5 Å². The fraction of sp³-hybridized carbons (Fsp3) is 0.125. The maximum atomic E-state index is 12.4. The first kappa shape index (κ1) is 13.0. The monoisotopic (exact) mass is 253 g/mol. The summed E-state index contributed by atoms with van der Waals surface area (Å²) < 4.78 is 0. The maximum Gasteiger partial charge on any atom is 0.193 e. The van der Waals surface area contributed by atoms with Gasteiger partial charge in [0.15, 0.2) is 12.1 Å². The van der Waals surface area contributed by atoms with Crippen molar-refractivity contribution >= 4 is 17.8 Å². The van der Waals surface area contributed by atoms with Crippen molar-refractivity contribution in [1.82, 2.24) is 0 Å².